The topological polar surface area (TPSA) is 95.7 Å². The zero-order valence-corrected chi connectivity index (χ0v) is 10.0. The van der Waals surface area contributed by atoms with E-state index in [1.807, 2.05) is 6.92 Å². The number of carboxylic acid groups (broad SMARTS) is 1. The zero-order chi connectivity index (χ0) is 13.3. The normalized spacial score (nSPS) is 15.9. The number of hydrogen-bond donors (Lipinski definition) is 3. The van der Waals surface area contributed by atoms with Gasteiger partial charge in [0.25, 0.3) is 0 Å². The molecule has 2 rings (SSSR count). The molecule has 0 bridgehead atoms. The molecule has 0 spiro atoms. The van der Waals surface area contributed by atoms with Crippen molar-refractivity contribution in [3.8, 4) is 0 Å². The van der Waals surface area contributed by atoms with Crippen molar-refractivity contribution >= 4 is 23.3 Å². The van der Waals surface area contributed by atoms with Crippen molar-refractivity contribution in [1.29, 1.82) is 0 Å². The van der Waals surface area contributed by atoms with Crippen molar-refractivity contribution in [2.75, 3.05) is 23.3 Å². The summed E-state index contributed by atoms with van der Waals surface area (Å²) in [5.74, 6) is -1.06. The minimum atomic E-state index is -0.991. The van der Waals surface area contributed by atoms with Crippen LogP contribution in [-0.2, 0) is 4.79 Å². The number of benzene rings is 1. The number of anilines is 2. The van der Waals surface area contributed by atoms with Crippen LogP contribution in [0.4, 0.5) is 11.4 Å². The number of carbonyl (C=O) groups is 2. The summed E-state index contributed by atoms with van der Waals surface area (Å²) < 4.78 is 0. The van der Waals surface area contributed by atoms with Crippen molar-refractivity contribution in [1.82, 2.24) is 0 Å². The first kappa shape index (κ1) is 12.4. The molecule has 1 heterocycles. The molecule has 0 aromatic heterocycles. The Morgan fingerprint density at radius 2 is 2.33 bits per heavy atom. The molecule has 0 radical (unpaired) electrons. The fourth-order valence-electron chi connectivity index (χ4n) is 2.00. The van der Waals surface area contributed by atoms with Gasteiger partial charge in [-0.2, -0.15) is 0 Å². The highest BCUT2D eigenvalue weighted by atomic mass is 16.4. The van der Waals surface area contributed by atoms with E-state index in [2.05, 4.69) is 5.32 Å². The highest BCUT2D eigenvalue weighted by Crippen LogP contribution is 2.31. The average molecular weight is 249 g/mol. The van der Waals surface area contributed by atoms with Crippen molar-refractivity contribution in [2.45, 2.75) is 13.0 Å². The molecule has 0 fully saturated rings. The van der Waals surface area contributed by atoms with Crippen LogP contribution in [0.2, 0.25) is 0 Å². The zero-order valence-electron chi connectivity index (χ0n) is 10.0. The second-order valence-corrected chi connectivity index (χ2v) is 4.24. The molecule has 0 saturated carbocycles. The predicted octanol–water partition coefficient (Wildman–Crippen LogP) is 0.491. The Bertz CT molecular complexity index is 501. The molecule has 4 N–H and O–H groups in total. The molecule has 1 aromatic rings. The van der Waals surface area contributed by atoms with E-state index in [4.69, 9.17) is 10.8 Å². The number of aromatic carboxylic acids is 1. The van der Waals surface area contributed by atoms with Crippen molar-refractivity contribution in [3.05, 3.63) is 23.8 Å². The monoisotopic (exact) mass is 249 g/mol. The molecular formula is C12H15N3O3. The molecule has 96 valence electrons. The summed E-state index contributed by atoms with van der Waals surface area (Å²) in [6.07, 6.45) is 0. The van der Waals surface area contributed by atoms with Crippen LogP contribution in [0.1, 0.15) is 17.3 Å². The minimum absolute atomic E-state index is 0.0662. The third kappa shape index (κ3) is 2.02. The molecule has 6 nitrogen and oxygen atoms in total. The van der Waals surface area contributed by atoms with Gasteiger partial charge in [0.15, 0.2) is 0 Å². The van der Waals surface area contributed by atoms with Crippen LogP contribution < -0.4 is 16.0 Å². The molecule has 1 aliphatic heterocycles. The van der Waals surface area contributed by atoms with E-state index in [-0.39, 0.29) is 24.1 Å². The summed E-state index contributed by atoms with van der Waals surface area (Å²) >= 11 is 0. The Hall–Kier alpha value is -2.08. The average Bonchev–Trinajstić information content (AvgIpc) is 2.37. The number of carbonyl (C=O) groups excluding carboxylic acids is 1. The molecule has 1 aliphatic rings. The maximum absolute atomic E-state index is 11.9. The first-order valence-corrected chi connectivity index (χ1v) is 5.68. The second-order valence-electron chi connectivity index (χ2n) is 4.24. The third-order valence-corrected chi connectivity index (χ3v) is 2.98. The van der Waals surface area contributed by atoms with Crippen LogP contribution in [0.15, 0.2) is 18.2 Å². The molecule has 1 amide bonds. The van der Waals surface area contributed by atoms with Crippen molar-refractivity contribution < 1.29 is 14.7 Å². The minimum Gasteiger partial charge on any atom is -0.478 e. The lowest BCUT2D eigenvalue weighted by molar-refractivity contribution is -0.117. The molecule has 0 aliphatic carbocycles. The Kier molecular flexibility index (Phi) is 3.20. The highest BCUT2D eigenvalue weighted by molar-refractivity contribution is 6.04. The van der Waals surface area contributed by atoms with Gasteiger partial charge >= 0.3 is 5.97 Å². The standard InChI is InChI=1S/C12H15N3O3/c1-7(5-13)15-10-3-2-8(12(17)18)4-9(10)14-6-11(15)16/h2-4,7,14H,5-6,13H2,1H3,(H,17,18). The van der Waals surface area contributed by atoms with E-state index in [1.165, 1.54) is 12.1 Å². The Morgan fingerprint density at radius 1 is 1.61 bits per heavy atom. The van der Waals surface area contributed by atoms with Crippen LogP contribution in [0, 0.1) is 0 Å². The summed E-state index contributed by atoms with van der Waals surface area (Å²) in [5.41, 5.74) is 7.11. The Labute approximate surface area is 104 Å². The van der Waals surface area contributed by atoms with Gasteiger partial charge in [0.2, 0.25) is 5.91 Å². The molecule has 6 heteroatoms. The van der Waals surface area contributed by atoms with Gasteiger partial charge in [0.1, 0.15) is 0 Å². The van der Waals surface area contributed by atoms with Gasteiger partial charge in [-0.05, 0) is 25.1 Å². The van der Waals surface area contributed by atoms with Gasteiger partial charge in [-0.25, -0.2) is 4.79 Å². The van der Waals surface area contributed by atoms with Gasteiger partial charge in [0, 0.05) is 12.6 Å². The van der Waals surface area contributed by atoms with E-state index in [9.17, 15) is 9.59 Å². The molecule has 1 aromatic carbocycles. The number of nitrogens with one attached hydrogen (secondary N) is 1. The highest BCUT2D eigenvalue weighted by Gasteiger charge is 2.27. The van der Waals surface area contributed by atoms with Crippen LogP contribution in [0.25, 0.3) is 0 Å². The first-order valence-electron chi connectivity index (χ1n) is 5.68. The van der Waals surface area contributed by atoms with E-state index < -0.39 is 5.97 Å². The number of carboxylic acids is 1. The number of nitrogens with zero attached hydrogens (tertiary/aromatic N) is 1. The van der Waals surface area contributed by atoms with Crippen molar-refractivity contribution in [3.63, 3.8) is 0 Å². The van der Waals surface area contributed by atoms with Gasteiger partial charge in [-0.1, -0.05) is 0 Å². The maximum atomic E-state index is 11.9. The number of nitrogens with two attached hydrogens (primary N) is 1. The number of rotatable bonds is 3. The third-order valence-electron chi connectivity index (χ3n) is 2.98. The summed E-state index contributed by atoms with van der Waals surface area (Å²) in [6.45, 7) is 2.37. The molecule has 1 atom stereocenters. The smallest absolute Gasteiger partial charge is 0.335 e. The molecular weight excluding hydrogens is 234 g/mol. The second kappa shape index (κ2) is 4.66. The summed E-state index contributed by atoms with van der Waals surface area (Å²) in [5, 5.41) is 11.9. The van der Waals surface area contributed by atoms with E-state index in [0.29, 0.717) is 17.9 Å². The van der Waals surface area contributed by atoms with E-state index >= 15 is 0 Å². The van der Waals surface area contributed by atoms with Gasteiger partial charge in [0.05, 0.1) is 23.5 Å². The van der Waals surface area contributed by atoms with Crippen molar-refractivity contribution in [2.24, 2.45) is 5.73 Å². The molecule has 1 unspecified atom stereocenters. The maximum Gasteiger partial charge on any atom is 0.335 e. The quantitative estimate of drug-likeness (QED) is 0.724. The summed E-state index contributed by atoms with van der Waals surface area (Å²) in [4.78, 5) is 24.4. The van der Waals surface area contributed by atoms with Crippen LogP contribution in [0.5, 0.6) is 0 Å². The van der Waals surface area contributed by atoms with E-state index in [0.717, 1.165) is 0 Å². The lowest BCUT2D eigenvalue weighted by Gasteiger charge is -2.34. The van der Waals surface area contributed by atoms with Gasteiger partial charge in [-0.3, -0.25) is 4.79 Å². The predicted molar refractivity (Wildman–Crippen MR) is 67.9 cm³/mol. The van der Waals surface area contributed by atoms with Crippen LogP contribution in [-0.4, -0.2) is 36.1 Å². The fourth-order valence-corrected chi connectivity index (χ4v) is 2.00. The van der Waals surface area contributed by atoms with Crippen LogP contribution >= 0.6 is 0 Å². The number of amides is 1. The number of fused-ring (bicyclic) bond motifs is 1. The van der Waals surface area contributed by atoms with Crippen LogP contribution in [0.3, 0.4) is 0 Å². The van der Waals surface area contributed by atoms with Gasteiger partial charge < -0.3 is 21.1 Å². The number of hydrogen-bond acceptors (Lipinski definition) is 4. The lowest BCUT2D eigenvalue weighted by atomic mass is 10.1. The van der Waals surface area contributed by atoms with Gasteiger partial charge in [-0.15, -0.1) is 0 Å². The Balaban J connectivity index is 2.45. The van der Waals surface area contributed by atoms with E-state index in [1.54, 1.807) is 11.0 Å². The fraction of sp³-hybridized carbons (Fsp3) is 0.333. The molecule has 18 heavy (non-hydrogen) atoms. The largest absolute Gasteiger partial charge is 0.478 e. The summed E-state index contributed by atoms with van der Waals surface area (Å²) in [6, 6.07) is 4.53. The molecule has 0 saturated heterocycles. The lowest BCUT2D eigenvalue weighted by Crippen LogP contribution is -2.48. The first-order chi connectivity index (χ1) is 8.54. The SMILES string of the molecule is CC(CN)N1C(=O)CNc2cc(C(=O)O)ccc21. The Morgan fingerprint density at radius 3 is 2.94 bits per heavy atom. The summed E-state index contributed by atoms with van der Waals surface area (Å²) in [7, 11) is 0.